The van der Waals surface area contributed by atoms with Gasteiger partial charge in [0, 0.05) is 24.4 Å². The van der Waals surface area contributed by atoms with Gasteiger partial charge in [0.25, 0.3) is 0 Å². The number of urea groups is 1. The highest BCUT2D eigenvalue weighted by Gasteiger charge is 2.36. The Bertz CT molecular complexity index is 768. The van der Waals surface area contributed by atoms with Crippen molar-refractivity contribution in [1.29, 1.82) is 0 Å². The van der Waals surface area contributed by atoms with Gasteiger partial charge in [0.2, 0.25) is 5.91 Å². The zero-order valence-corrected chi connectivity index (χ0v) is 17.2. The molecule has 7 nitrogen and oxygen atoms in total. The Morgan fingerprint density at radius 1 is 1.21 bits per heavy atom. The third-order valence-electron chi connectivity index (χ3n) is 4.46. The molecular formula is C21H29N3O4. The average molecular weight is 387 g/mol. The molecule has 152 valence electrons. The summed E-state index contributed by atoms with van der Waals surface area (Å²) in [5.41, 5.74) is 2.43. The highest BCUT2D eigenvalue weighted by atomic mass is 16.5. The second-order valence-corrected chi connectivity index (χ2v) is 7.01. The van der Waals surface area contributed by atoms with Gasteiger partial charge in [-0.05, 0) is 44.9 Å². The van der Waals surface area contributed by atoms with Crippen molar-refractivity contribution in [3.8, 4) is 0 Å². The summed E-state index contributed by atoms with van der Waals surface area (Å²) < 4.78 is 5.43. The van der Waals surface area contributed by atoms with Crippen molar-refractivity contribution in [2.45, 2.75) is 59.6 Å². The number of amides is 3. The summed E-state index contributed by atoms with van der Waals surface area (Å²) in [7, 11) is 0. The van der Waals surface area contributed by atoms with Crippen molar-refractivity contribution in [2.75, 3.05) is 11.9 Å². The summed E-state index contributed by atoms with van der Waals surface area (Å²) in [5, 5.41) is 5.70. The maximum atomic E-state index is 12.8. The Balaban J connectivity index is 2.40. The van der Waals surface area contributed by atoms with Crippen LogP contribution in [0.5, 0.6) is 0 Å². The van der Waals surface area contributed by atoms with Gasteiger partial charge in [0.15, 0.2) is 0 Å². The number of carbonyl (C=O) groups excluding carboxylic acids is 3. The van der Waals surface area contributed by atoms with Gasteiger partial charge in [-0.15, -0.1) is 0 Å². The molecule has 1 aromatic rings. The standard InChI is InChI=1S/C21H29N3O4/c1-6-12-24-14(5)18(20(26)28-13(3)4)19(23-21(24)27)15-8-10-16(11-9-15)22-17(25)7-2/h8-11,13,19H,6-7,12H2,1-5H3,(H,22,25)(H,23,27). The lowest BCUT2D eigenvalue weighted by atomic mass is 9.94. The number of ether oxygens (including phenoxy) is 1. The molecule has 1 aliphatic heterocycles. The molecule has 0 saturated heterocycles. The van der Waals surface area contributed by atoms with Crippen LogP contribution in [0.15, 0.2) is 35.5 Å². The summed E-state index contributed by atoms with van der Waals surface area (Å²) in [6.45, 7) is 9.63. The SMILES string of the molecule is CCCN1C(=O)NC(c2ccc(NC(=O)CC)cc2)C(C(=O)OC(C)C)=C1C. The second-order valence-electron chi connectivity index (χ2n) is 7.01. The molecule has 1 aliphatic rings. The van der Waals surface area contributed by atoms with Gasteiger partial charge >= 0.3 is 12.0 Å². The third kappa shape index (κ3) is 4.91. The first-order valence-electron chi connectivity index (χ1n) is 9.68. The average Bonchev–Trinajstić information content (AvgIpc) is 2.64. The van der Waals surface area contributed by atoms with Crippen LogP contribution in [0.1, 0.15) is 59.1 Å². The van der Waals surface area contributed by atoms with Crippen molar-refractivity contribution in [2.24, 2.45) is 0 Å². The number of anilines is 1. The molecule has 0 aromatic heterocycles. The first-order chi connectivity index (χ1) is 13.3. The first kappa shape index (κ1) is 21.5. The zero-order chi connectivity index (χ0) is 20.8. The van der Waals surface area contributed by atoms with E-state index in [1.165, 1.54) is 0 Å². The number of hydrogen-bond acceptors (Lipinski definition) is 4. The molecule has 1 aromatic carbocycles. The Kier molecular flexibility index (Phi) is 7.20. The molecule has 0 fully saturated rings. The number of rotatable bonds is 7. The molecule has 1 unspecified atom stereocenters. The molecule has 1 heterocycles. The van der Waals surface area contributed by atoms with E-state index < -0.39 is 12.0 Å². The number of benzene rings is 1. The van der Waals surface area contributed by atoms with Crippen LogP contribution >= 0.6 is 0 Å². The van der Waals surface area contributed by atoms with Crippen LogP contribution < -0.4 is 10.6 Å². The largest absolute Gasteiger partial charge is 0.459 e. The van der Waals surface area contributed by atoms with Crippen LogP contribution in [0.4, 0.5) is 10.5 Å². The van der Waals surface area contributed by atoms with E-state index in [4.69, 9.17) is 4.74 Å². The Morgan fingerprint density at radius 2 is 1.86 bits per heavy atom. The molecule has 3 amide bonds. The highest BCUT2D eigenvalue weighted by Crippen LogP contribution is 2.32. The Morgan fingerprint density at radius 3 is 2.39 bits per heavy atom. The van der Waals surface area contributed by atoms with Gasteiger partial charge in [-0.1, -0.05) is 26.0 Å². The maximum Gasteiger partial charge on any atom is 0.338 e. The minimum atomic E-state index is -0.609. The van der Waals surface area contributed by atoms with Crippen LogP contribution in [0.25, 0.3) is 0 Å². The number of esters is 1. The molecule has 0 radical (unpaired) electrons. The predicted molar refractivity (Wildman–Crippen MR) is 108 cm³/mol. The monoisotopic (exact) mass is 387 g/mol. The third-order valence-corrected chi connectivity index (χ3v) is 4.46. The predicted octanol–water partition coefficient (Wildman–Crippen LogP) is 3.74. The summed E-state index contributed by atoms with van der Waals surface area (Å²) >= 11 is 0. The maximum absolute atomic E-state index is 12.8. The number of allylic oxidation sites excluding steroid dienone is 1. The Hall–Kier alpha value is -2.83. The summed E-state index contributed by atoms with van der Waals surface area (Å²) in [4.78, 5) is 38.5. The fourth-order valence-electron chi connectivity index (χ4n) is 3.07. The normalized spacial score (nSPS) is 16.9. The van der Waals surface area contributed by atoms with Crippen molar-refractivity contribution in [3.05, 3.63) is 41.1 Å². The van der Waals surface area contributed by atoms with Crippen molar-refractivity contribution < 1.29 is 19.1 Å². The lowest BCUT2D eigenvalue weighted by molar-refractivity contribution is -0.143. The fraction of sp³-hybridized carbons (Fsp3) is 0.476. The molecule has 0 saturated carbocycles. The van der Waals surface area contributed by atoms with E-state index in [2.05, 4.69) is 10.6 Å². The Labute approximate surface area is 166 Å². The van der Waals surface area contributed by atoms with E-state index in [0.29, 0.717) is 29.9 Å². The minimum absolute atomic E-state index is 0.0779. The molecular weight excluding hydrogens is 358 g/mol. The zero-order valence-electron chi connectivity index (χ0n) is 17.2. The highest BCUT2D eigenvalue weighted by molar-refractivity contribution is 5.95. The van der Waals surface area contributed by atoms with Crippen LogP contribution in [0, 0.1) is 0 Å². The van der Waals surface area contributed by atoms with Crippen molar-refractivity contribution >= 4 is 23.6 Å². The van der Waals surface area contributed by atoms with Crippen molar-refractivity contribution in [1.82, 2.24) is 10.2 Å². The lowest BCUT2D eigenvalue weighted by Crippen LogP contribution is -2.48. The molecule has 0 spiro atoms. The number of hydrogen-bond donors (Lipinski definition) is 2. The van der Waals surface area contributed by atoms with Crippen molar-refractivity contribution in [3.63, 3.8) is 0 Å². The van der Waals surface area contributed by atoms with E-state index in [1.54, 1.807) is 56.9 Å². The van der Waals surface area contributed by atoms with Gasteiger partial charge in [0.1, 0.15) is 0 Å². The molecule has 2 rings (SSSR count). The van der Waals surface area contributed by atoms with E-state index >= 15 is 0 Å². The van der Waals surface area contributed by atoms with Crippen LogP contribution in [-0.2, 0) is 14.3 Å². The quantitative estimate of drug-likeness (QED) is 0.698. The van der Waals surface area contributed by atoms with Gasteiger partial charge in [-0.25, -0.2) is 9.59 Å². The lowest BCUT2D eigenvalue weighted by Gasteiger charge is -2.35. The molecule has 28 heavy (non-hydrogen) atoms. The number of carbonyl (C=O) groups is 3. The first-order valence-corrected chi connectivity index (χ1v) is 9.68. The summed E-state index contributed by atoms with van der Waals surface area (Å²) in [6, 6.07) is 6.25. The smallest absolute Gasteiger partial charge is 0.338 e. The summed E-state index contributed by atoms with van der Waals surface area (Å²) in [6.07, 6.45) is 0.895. The molecule has 2 N–H and O–H groups in total. The molecule has 0 bridgehead atoms. The van der Waals surface area contributed by atoms with Gasteiger partial charge in [-0.3, -0.25) is 9.69 Å². The van der Waals surface area contributed by atoms with E-state index in [1.807, 2.05) is 6.92 Å². The van der Waals surface area contributed by atoms with Crippen LogP contribution in [0.3, 0.4) is 0 Å². The number of nitrogens with zero attached hydrogens (tertiary/aromatic N) is 1. The van der Waals surface area contributed by atoms with E-state index in [-0.39, 0.29) is 18.0 Å². The van der Waals surface area contributed by atoms with Gasteiger partial charge in [0.05, 0.1) is 17.7 Å². The van der Waals surface area contributed by atoms with E-state index in [0.717, 1.165) is 12.0 Å². The van der Waals surface area contributed by atoms with Gasteiger partial charge < -0.3 is 15.4 Å². The fourth-order valence-corrected chi connectivity index (χ4v) is 3.07. The van der Waals surface area contributed by atoms with Gasteiger partial charge in [-0.2, -0.15) is 0 Å². The van der Waals surface area contributed by atoms with E-state index in [9.17, 15) is 14.4 Å². The van der Waals surface area contributed by atoms with Crippen LogP contribution in [0.2, 0.25) is 0 Å². The molecule has 7 heteroatoms. The second kappa shape index (κ2) is 9.39. The minimum Gasteiger partial charge on any atom is -0.459 e. The molecule has 1 atom stereocenters. The van der Waals surface area contributed by atoms with Crippen LogP contribution in [-0.4, -0.2) is 35.5 Å². The topological polar surface area (TPSA) is 87.7 Å². The molecule has 0 aliphatic carbocycles. The summed E-state index contributed by atoms with van der Waals surface area (Å²) in [5.74, 6) is -0.521. The number of nitrogens with one attached hydrogen (secondary N) is 2.